The van der Waals surface area contributed by atoms with Crippen molar-refractivity contribution in [3.05, 3.63) is 0 Å². The second-order valence-electron chi connectivity index (χ2n) is 23.6. The summed E-state index contributed by atoms with van der Waals surface area (Å²) in [6.07, 6.45) is 6.63. The van der Waals surface area contributed by atoms with Crippen LogP contribution >= 0.6 is 0 Å². The van der Waals surface area contributed by atoms with Crippen LogP contribution in [0.1, 0.15) is 155 Å². The Balaban J connectivity index is 0.000000375. The molecule has 16 heteroatoms. The van der Waals surface area contributed by atoms with Gasteiger partial charge in [0.05, 0.1) is 30.8 Å². The molecule has 0 spiro atoms. The van der Waals surface area contributed by atoms with E-state index < -0.39 is 11.4 Å². The minimum Gasteiger partial charge on any atom is -0.480 e. The number of nitrogens with one attached hydrogen (secondary N) is 6. The molecule has 7 saturated heterocycles. The van der Waals surface area contributed by atoms with E-state index >= 15 is 0 Å². The van der Waals surface area contributed by atoms with Crippen LogP contribution < -0.4 is 31.9 Å². The number of carboxylic acids is 1. The molecule has 7 aliphatic rings. The molecular formula is C48H90N6O10. The molecule has 7 aliphatic heterocycles. The number of hydrogen-bond acceptors (Lipinski definition) is 12. The van der Waals surface area contributed by atoms with Gasteiger partial charge in [-0.2, -0.15) is 0 Å². The van der Waals surface area contributed by atoms with Crippen LogP contribution in [0.3, 0.4) is 0 Å². The highest BCUT2D eigenvalue weighted by Crippen LogP contribution is 2.32. The highest BCUT2D eigenvalue weighted by atomic mass is 16.5. The lowest BCUT2D eigenvalue weighted by molar-refractivity contribution is -0.145. The fraction of sp³-hybridized carbons (Fsp3) is 0.875. The normalized spacial score (nSPS) is 29.1. The largest absolute Gasteiger partial charge is 0.480 e. The van der Waals surface area contributed by atoms with E-state index in [1.807, 2.05) is 20.8 Å². The third kappa shape index (κ3) is 22.8. The molecule has 4 unspecified atom stereocenters. The summed E-state index contributed by atoms with van der Waals surface area (Å²) < 4.78 is 10.00. The third-order valence-corrected chi connectivity index (χ3v) is 12.8. The topological polar surface area (TPSA) is 234 Å². The van der Waals surface area contributed by atoms with Crippen molar-refractivity contribution < 1.29 is 48.5 Å². The molecular weight excluding hydrogens is 821 g/mol. The highest BCUT2D eigenvalue weighted by Gasteiger charge is 2.40. The first-order valence-electron chi connectivity index (χ1n) is 23.2. The Morgan fingerprint density at radius 3 is 1.41 bits per heavy atom. The molecule has 7 heterocycles. The lowest BCUT2D eigenvalue weighted by Crippen LogP contribution is -2.46. The Hall–Kier alpha value is -3.18. The predicted molar refractivity (Wildman–Crippen MR) is 250 cm³/mol. The van der Waals surface area contributed by atoms with Crippen LogP contribution in [0, 0.1) is 38.4 Å². The van der Waals surface area contributed by atoms with Gasteiger partial charge in [-0.05, 0) is 86.1 Å². The summed E-state index contributed by atoms with van der Waals surface area (Å²) >= 11 is 0. The Morgan fingerprint density at radius 1 is 0.625 bits per heavy atom. The number of ether oxygens (including phenoxy) is 2. The van der Waals surface area contributed by atoms with Gasteiger partial charge >= 0.3 is 11.9 Å². The number of aliphatic carboxylic acids is 1. The highest BCUT2D eigenvalue weighted by molar-refractivity contribution is 6.05. The molecule has 0 aromatic rings. The van der Waals surface area contributed by atoms with Gasteiger partial charge in [-0.3, -0.25) is 34.1 Å². The van der Waals surface area contributed by atoms with Crippen molar-refractivity contribution in [2.45, 2.75) is 179 Å². The fourth-order valence-corrected chi connectivity index (χ4v) is 7.72. The molecule has 7 rings (SSSR count). The van der Waals surface area contributed by atoms with Gasteiger partial charge in [-0.15, -0.1) is 0 Å². The fourth-order valence-electron chi connectivity index (χ4n) is 7.72. The average Bonchev–Trinajstić information content (AvgIpc) is 3.94. The molecule has 0 aromatic carbocycles. The summed E-state index contributed by atoms with van der Waals surface area (Å²) in [6.45, 7) is 37.4. The van der Waals surface area contributed by atoms with Gasteiger partial charge in [0.25, 0.3) is 0 Å². The zero-order chi connectivity index (χ0) is 49.5. The number of rotatable bonds is 2. The van der Waals surface area contributed by atoms with Crippen molar-refractivity contribution in [3.63, 3.8) is 0 Å². The number of aliphatic hydroxyl groups is 1. The van der Waals surface area contributed by atoms with E-state index in [1.54, 1.807) is 13.8 Å². The SMILES string of the molecule is CC1(C)CC(=O)NC1=O.CC1(C)CCNC(=O)C1.CC1(C)CCNC1.CC1(C)CNC(=O)C1.CC1(C)CNC(C(=O)O)C1.CC1C(O)COC1(C)C.COC(=O)C1CC(C)(C)CCN1. The number of hydrogen-bond donors (Lipinski definition) is 8. The number of methoxy groups -OCH3 is 1. The Labute approximate surface area is 385 Å². The van der Waals surface area contributed by atoms with Gasteiger partial charge in [-0.25, -0.2) is 0 Å². The number of carbonyl (C=O) groups is 6. The van der Waals surface area contributed by atoms with Crippen molar-refractivity contribution in [2.75, 3.05) is 53.0 Å². The Bertz CT molecular complexity index is 1550. The summed E-state index contributed by atoms with van der Waals surface area (Å²) in [7, 11) is 1.44. The lowest BCUT2D eigenvalue weighted by Gasteiger charge is -2.34. The van der Waals surface area contributed by atoms with Crippen LogP contribution in [0.2, 0.25) is 0 Å². The molecule has 4 atom stereocenters. The van der Waals surface area contributed by atoms with Gasteiger partial charge in [0, 0.05) is 51.4 Å². The van der Waals surface area contributed by atoms with Gasteiger partial charge in [0.2, 0.25) is 23.6 Å². The number of imide groups is 1. The minimum atomic E-state index is -0.731. The molecule has 0 aromatic heterocycles. The van der Waals surface area contributed by atoms with Crippen LogP contribution in [0.15, 0.2) is 0 Å². The average molecular weight is 911 g/mol. The first kappa shape index (κ1) is 58.8. The molecule has 0 aliphatic carbocycles. The molecule has 7 fully saturated rings. The van der Waals surface area contributed by atoms with Gasteiger partial charge in [0.1, 0.15) is 12.1 Å². The summed E-state index contributed by atoms with van der Waals surface area (Å²) in [5, 5.41) is 35.0. The van der Waals surface area contributed by atoms with E-state index in [0.717, 1.165) is 51.9 Å². The quantitative estimate of drug-likeness (QED) is 0.139. The number of amides is 4. The van der Waals surface area contributed by atoms with E-state index in [0.29, 0.717) is 31.3 Å². The zero-order valence-corrected chi connectivity index (χ0v) is 42.6. The van der Waals surface area contributed by atoms with Crippen molar-refractivity contribution in [2.24, 2.45) is 38.4 Å². The first-order valence-corrected chi connectivity index (χ1v) is 23.2. The zero-order valence-electron chi connectivity index (χ0n) is 42.6. The molecule has 16 nitrogen and oxygen atoms in total. The second-order valence-corrected chi connectivity index (χ2v) is 23.6. The van der Waals surface area contributed by atoms with Crippen LogP contribution in [0.25, 0.3) is 0 Å². The van der Waals surface area contributed by atoms with Crippen LogP contribution in [0.4, 0.5) is 0 Å². The van der Waals surface area contributed by atoms with E-state index in [-0.39, 0.29) is 81.0 Å². The van der Waals surface area contributed by atoms with Crippen LogP contribution in [-0.4, -0.2) is 123 Å². The summed E-state index contributed by atoms with van der Waals surface area (Å²) in [6, 6.07) is -0.422. The Morgan fingerprint density at radius 2 is 1.17 bits per heavy atom. The number of carboxylic acid groups (broad SMARTS) is 1. The van der Waals surface area contributed by atoms with Crippen molar-refractivity contribution in [3.8, 4) is 0 Å². The van der Waals surface area contributed by atoms with Crippen molar-refractivity contribution in [1.82, 2.24) is 31.9 Å². The van der Waals surface area contributed by atoms with E-state index in [4.69, 9.17) is 9.84 Å². The number of esters is 1. The number of piperidine rings is 2. The van der Waals surface area contributed by atoms with E-state index in [1.165, 1.54) is 26.6 Å². The van der Waals surface area contributed by atoms with Crippen LogP contribution in [-0.2, 0) is 38.2 Å². The molecule has 0 radical (unpaired) electrons. The smallest absolute Gasteiger partial charge is 0.322 e. The summed E-state index contributed by atoms with van der Waals surface area (Å²) in [5.74, 6) is -0.537. The molecule has 8 N–H and O–H groups in total. The summed E-state index contributed by atoms with van der Waals surface area (Å²) in [4.78, 5) is 64.2. The maximum atomic E-state index is 11.2. The summed E-state index contributed by atoms with van der Waals surface area (Å²) in [5.41, 5.74) is 0.850. The second kappa shape index (κ2) is 24.5. The minimum absolute atomic E-state index is 0.0984. The Kier molecular flexibility index (Phi) is 22.6. The van der Waals surface area contributed by atoms with E-state index in [2.05, 4.69) is 106 Å². The first-order chi connectivity index (χ1) is 29.0. The maximum Gasteiger partial charge on any atom is 0.322 e. The molecule has 64 heavy (non-hydrogen) atoms. The maximum absolute atomic E-state index is 11.2. The third-order valence-electron chi connectivity index (χ3n) is 12.8. The molecule has 372 valence electrons. The van der Waals surface area contributed by atoms with Crippen molar-refractivity contribution >= 4 is 35.6 Å². The molecule has 0 bridgehead atoms. The van der Waals surface area contributed by atoms with Crippen molar-refractivity contribution in [1.29, 1.82) is 0 Å². The van der Waals surface area contributed by atoms with Gasteiger partial charge < -0.3 is 46.3 Å². The standard InChI is InChI=1S/C9H17NO2.C7H13NO2.C7H13NO.C7H14O2.C6H9NO2.C6H11NO.C6H13N/c1-9(2)4-5-10-7(6-9)8(11)12-3;1-7(2)3-5(6(9)10)8-4-7;1-7(2)3-4-8-6(9)5-7;1-5-6(8)4-9-7(5,2)3;1-6(2)3-4(8)7-5(6)9;1-6(2)3-5(8)7-4-6;1-6(2)3-4-7-5-6/h7,10H,4-6H2,1-3H3;5,8H,3-4H2,1-2H3,(H,9,10);3-5H2,1-2H3,(H,8,9);5-6,8H,4H2,1-3H3;3H2,1-2H3,(H,7,8,9);3-4H2,1-2H3,(H,7,8);7H,3-5H2,1-2H3. The molecule has 0 saturated carbocycles. The van der Waals surface area contributed by atoms with Gasteiger partial charge in [-0.1, -0.05) is 90.0 Å². The number of aliphatic hydroxyl groups excluding tert-OH is 1. The van der Waals surface area contributed by atoms with Crippen LogP contribution in [0.5, 0.6) is 0 Å². The van der Waals surface area contributed by atoms with Gasteiger partial charge in [0.15, 0.2) is 0 Å². The number of carbonyl (C=O) groups excluding carboxylic acids is 5. The monoisotopic (exact) mass is 911 g/mol. The lowest BCUT2D eigenvalue weighted by atomic mass is 9.80. The predicted octanol–water partition coefficient (Wildman–Crippen LogP) is 4.71. The molecule has 4 amide bonds. The van der Waals surface area contributed by atoms with E-state index in [9.17, 15) is 33.9 Å².